The second-order valence-corrected chi connectivity index (χ2v) is 6.07. The van der Waals surface area contributed by atoms with Crippen LogP contribution in [0.2, 0.25) is 0 Å². The quantitative estimate of drug-likeness (QED) is 0.860. The van der Waals surface area contributed by atoms with Crippen molar-refractivity contribution < 1.29 is 14.7 Å². The number of carbonyl (C=O) groups excluding carboxylic acids is 1. The van der Waals surface area contributed by atoms with Crippen LogP contribution in [-0.4, -0.2) is 28.1 Å². The lowest BCUT2D eigenvalue weighted by Gasteiger charge is -2.21. The lowest BCUT2D eigenvalue weighted by molar-refractivity contribution is -0.121. The number of carboxylic acids is 1. The van der Waals surface area contributed by atoms with Crippen LogP contribution < -0.4 is 5.32 Å². The summed E-state index contributed by atoms with van der Waals surface area (Å²) in [5.41, 5.74) is 0.153. The molecule has 3 unspecified atom stereocenters. The molecule has 2 N–H and O–H groups in total. The monoisotopic (exact) mass is 276 g/mol. The van der Waals surface area contributed by atoms with E-state index in [1.807, 2.05) is 0 Å². The van der Waals surface area contributed by atoms with E-state index in [4.69, 9.17) is 5.11 Å². The van der Waals surface area contributed by atoms with Gasteiger partial charge in [0.2, 0.25) is 5.91 Å². The Morgan fingerprint density at radius 1 is 1.35 bits per heavy atom. The Hall–Kier alpha value is -1.78. The number of rotatable bonds is 5. The lowest BCUT2D eigenvalue weighted by Crippen LogP contribution is -2.34. The number of hydrogen-bond acceptors (Lipinski definition) is 2. The van der Waals surface area contributed by atoms with Crippen LogP contribution in [0.25, 0.3) is 0 Å². The first kappa shape index (κ1) is 13.2. The minimum atomic E-state index is -1.00. The summed E-state index contributed by atoms with van der Waals surface area (Å²) in [6.07, 6.45) is 6.88. The van der Waals surface area contributed by atoms with Gasteiger partial charge in [0.1, 0.15) is 12.2 Å². The van der Waals surface area contributed by atoms with Crippen LogP contribution in [0.15, 0.2) is 18.3 Å². The number of carboxylic acid groups (broad SMARTS) is 1. The average molecular weight is 276 g/mol. The fraction of sp³-hybridized carbons (Fsp3) is 0.600. The topological polar surface area (TPSA) is 71.3 Å². The van der Waals surface area contributed by atoms with E-state index in [0.717, 1.165) is 18.4 Å². The molecule has 3 atom stereocenters. The molecule has 0 spiro atoms. The Kier molecular flexibility index (Phi) is 3.51. The van der Waals surface area contributed by atoms with Crippen molar-refractivity contribution in [1.29, 1.82) is 0 Å². The van der Waals surface area contributed by atoms with E-state index >= 15 is 0 Å². The smallest absolute Gasteiger partial charge is 0.352 e. The van der Waals surface area contributed by atoms with Crippen LogP contribution in [0.1, 0.15) is 36.2 Å². The molecular weight excluding hydrogens is 256 g/mol. The summed E-state index contributed by atoms with van der Waals surface area (Å²) in [5.74, 6) is 1.19. The molecule has 1 aromatic heterocycles. The molecule has 2 fully saturated rings. The Bertz CT molecular complexity index is 523. The van der Waals surface area contributed by atoms with Crippen LogP contribution in [0.3, 0.4) is 0 Å². The number of amides is 1. The van der Waals surface area contributed by atoms with Gasteiger partial charge in [-0.05, 0) is 49.1 Å². The average Bonchev–Trinajstić information content (AvgIpc) is 3.11. The van der Waals surface area contributed by atoms with Gasteiger partial charge in [-0.1, -0.05) is 6.42 Å². The van der Waals surface area contributed by atoms with Gasteiger partial charge in [-0.2, -0.15) is 0 Å². The zero-order valence-electron chi connectivity index (χ0n) is 11.4. The van der Waals surface area contributed by atoms with Crippen LogP contribution in [-0.2, 0) is 11.3 Å². The maximum atomic E-state index is 11.9. The van der Waals surface area contributed by atoms with Crippen molar-refractivity contribution in [2.24, 2.45) is 17.8 Å². The molecule has 5 heteroatoms. The van der Waals surface area contributed by atoms with Crippen LogP contribution in [0.5, 0.6) is 0 Å². The number of carbonyl (C=O) groups is 2. The highest BCUT2D eigenvalue weighted by atomic mass is 16.4. The molecule has 0 aliphatic heterocycles. The number of nitrogens with zero attached hydrogens (tertiary/aromatic N) is 1. The third-order valence-corrected chi connectivity index (χ3v) is 4.81. The molecule has 2 aliphatic carbocycles. The second-order valence-electron chi connectivity index (χ2n) is 6.07. The molecule has 2 bridgehead atoms. The predicted molar refractivity (Wildman–Crippen MR) is 73.3 cm³/mol. The lowest BCUT2D eigenvalue weighted by atomic mass is 9.89. The van der Waals surface area contributed by atoms with Gasteiger partial charge in [-0.3, -0.25) is 4.79 Å². The summed E-state index contributed by atoms with van der Waals surface area (Å²) in [6, 6.07) is 3.15. The number of aromatic carboxylic acids is 1. The Labute approximate surface area is 118 Å². The minimum absolute atomic E-state index is 0.0788. The maximum Gasteiger partial charge on any atom is 0.352 e. The fourth-order valence-electron chi connectivity index (χ4n) is 3.83. The van der Waals surface area contributed by atoms with Gasteiger partial charge in [-0.25, -0.2) is 4.79 Å². The normalized spacial score (nSPS) is 27.7. The number of nitrogens with one attached hydrogen (secondary N) is 1. The van der Waals surface area contributed by atoms with Crippen LogP contribution in [0, 0.1) is 17.8 Å². The van der Waals surface area contributed by atoms with Gasteiger partial charge in [0.25, 0.3) is 0 Å². The molecule has 2 aliphatic rings. The summed E-state index contributed by atoms with van der Waals surface area (Å²) < 4.78 is 1.47. The van der Waals surface area contributed by atoms with Crippen molar-refractivity contribution >= 4 is 11.9 Å². The van der Waals surface area contributed by atoms with E-state index < -0.39 is 5.97 Å². The van der Waals surface area contributed by atoms with Crippen molar-refractivity contribution in [3.8, 4) is 0 Å². The van der Waals surface area contributed by atoms with Crippen LogP contribution in [0.4, 0.5) is 0 Å². The largest absolute Gasteiger partial charge is 0.477 e. The molecule has 108 valence electrons. The summed E-state index contributed by atoms with van der Waals surface area (Å²) in [6.45, 7) is 0.819. The summed E-state index contributed by atoms with van der Waals surface area (Å²) in [4.78, 5) is 22.9. The van der Waals surface area contributed by atoms with E-state index in [-0.39, 0.29) is 18.1 Å². The highest BCUT2D eigenvalue weighted by Gasteiger charge is 2.39. The Balaban J connectivity index is 1.50. The van der Waals surface area contributed by atoms with Crippen molar-refractivity contribution in [2.75, 3.05) is 6.54 Å². The first-order valence-corrected chi connectivity index (χ1v) is 7.28. The molecule has 3 rings (SSSR count). The molecule has 0 saturated heterocycles. The Morgan fingerprint density at radius 2 is 2.20 bits per heavy atom. The number of hydrogen-bond donors (Lipinski definition) is 2. The first-order valence-electron chi connectivity index (χ1n) is 7.28. The molecule has 0 radical (unpaired) electrons. The van der Waals surface area contributed by atoms with Crippen molar-refractivity contribution in [1.82, 2.24) is 9.88 Å². The van der Waals surface area contributed by atoms with Crippen molar-refractivity contribution in [3.63, 3.8) is 0 Å². The fourth-order valence-corrected chi connectivity index (χ4v) is 3.83. The molecule has 20 heavy (non-hydrogen) atoms. The van der Waals surface area contributed by atoms with Gasteiger partial charge in [0, 0.05) is 12.7 Å². The highest BCUT2D eigenvalue weighted by Crippen LogP contribution is 2.47. The van der Waals surface area contributed by atoms with Gasteiger partial charge in [-0.15, -0.1) is 0 Å². The number of fused-ring (bicyclic) bond motifs is 2. The van der Waals surface area contributed by atoms with Crippen molar-refractivity contribution in [3.05, 3.63) is 24.0 Å². The third-order valence-electron chi connectivity index (χ3n) is 4.81. The summed E-state index contributed by atoms with van der Waals surface area (Å²) in [7, 11) is 0. The van der Waals surface area contributed by atoms with E-state index in [1.54, 1.807) is 12.3 Å². The summed E-state index contributed by atoms with van der Waals surface area (Å²) in [5, 5.41) is 12.0. The Morgan fingerprint density at radius 3 is 2.85 bits per heavy atom. The molecule has 1 aromatic rings. The molecule has 0 aromatic carbocycles. The second kappa shape index (κ2) is 5.31. The highest BCUT2D eigenvalue weighted by molar-refractivity contribution is 5.86. The zero-order chi connectivity index (χ0) is 14.1. The number of aromatic nitrogens is 1. The van der Waals surface area contributed by atoms with E-state index in [2.05, 4.69) is 5.32 Å². The van der Waals surface area contributed by atoms with E-state index in [0.29, 0.717) is 5.92 Å². The van der Waals surface area contributed by atoms with E-state index in [9.17, 15) is 9.59 Å². The van der Waals surface area contributed by atoms with Gasteiger partial charge < -0.3 is 15.0 Å². The SMILES string of the molecule is O=C(Cn1cccc1C(=O)O)NCC1CC2CCC1C2. The molecule has 1 amide bonds. The molecular formula is C15H20N2O3. The molecule has 1 heterocycles. The standard InChI is InChI=1S/C15H20N2O3/c18-14(9-17-5-1-2-13(17)15(19)20)16-8-12-7-10-3-4-11(12)6-10/h1-2,5,10-12H,3-4,6-9H2,(H,16,18)(H,19,20). The van der Waals surface area contributed by atoms with Gasteiger partial charge >= 0.3 is 5.97 Å². The van der Waals surface area contributed by atoms with Crippen molar-refractivity contribution in [2.45, 2.75) is 32.2 Å². The van der Waals surface area contributed by atoms with Crippen LogP contribution >= 0.6 is 0 Å². The van der Waals surface area contributed by atoms with Gasteiger partial charge in [0.15, 0.2) is 0 Å². The first-order chi connectivity index (χ1) is 9.63. The van der Waals surface area contributed by atoms with Gasteiger partial charge in [0.05, 0.1) is 0 Å². The predicted octanol–water partition coefficient (Wildman–Crippen LogP) is 1.74. The molecule has 5 nitrogen and oxygen atoms in total. The minimum Gasteiger partial charge on any atom is -0.477 e. The molecule has 2 saturated carbocycles. The maximum absolute atomic E-state index is 11.9. The summed E-state index contributed by atoms with van der Waals surface area (Å²) >= 11 is 0. The third kappa shape index (κ3) is 2.57. The zero-order valence-corrected chi connectivity index (χ0v) is 11.4. The van der Waals surface area contributed by atoms with E-state index in [1.165, 1.54) is 36.3 Å².